The zero-order chi connectivity index (χ0) is 12.7. The van der Waals surface area contributed by atoms with E-state index in [1.807, 2.05) is 5.43 Å². The number of benzene rings is 1. The predicted octanol–water partition coefficient (Wildman–Crippen LogP) is 2.22. The molecule has 0 unspecified atom stereocenters. The molecular formula is C11H14F2N2OS. The summed E-state index contributed by atoms with van der Waals surface area (Å²) in [7, 11) is 0. The molecule has 3 N–H and O–H groups in total. The van der Waals surface area contributed by atoms with Crippen molar-refractivity contribution < 1.29 is 13.6 Å². The van der Waals surface area contributed by atoms with E-state index in [-0.39, 0.29) is 5.91 Å². The zero-order valence-corrected chi connectivity index (χ0v) is 10.0. The number of carbonyl (C=O) groups is 1. The maximum atomic E-state index is 13.2. The monoisotopic (exact) mass is 260 g/mol. The molecule has 0 aliphatic heterocycles. The molecule has 3 nitrogen and oxygen atoms in total. The fourth-order valence-electron chi connectivity index (χ4n) is 1.23. The Labute approximate surface area is 103 Å². The molecule has 6 heteroatoms. The molecule has 0 radical (unpaired) electrons. The van der Waals surface area contributed by atoms with Crippen molar-refractivity contribution >= 4 is 17.7 Å². The Morgan fingerprint density at radius 2 is 2.12 bits per heavy atom. The lowest BCUT2D eigenvalue weighted by Gasteiger charge is -2.03. The van der Waals surface area contributed by atoms with Crippen LogP contribution in [-0.2, 0) is 4.79 Å². The van der Waals surface area contributed by atoms with Crippen molar-refractivity contribution in [2.24, 2.45) is 5.84 Å². The average Bonchev–Trinajstić information content (AvgIpc) is 2.30. The van der Waals surface area contributed by atoms with Crippen molar-refractivity contribution in [2.75, 3.05) is 5.75 Å². The molecule has 1 aromatic rings. The van der Waals surface area contributed by atoms with E-state index in [9.17, 15) is 13.6 Å². The lowest BCUT2D eigenvalue weighted by Crippen LogP contribution is -2.29. The summed E-state index contributed by atoms with van der Waals surface area (Å²) >= 11 is 1.31. The highest BCUT2D eigenvalue weighted by molar-refractivity contribution is 7.99. The van der Waals surface area contributed by atoms with Crippen LogP contribution in [0, 0.1) is 11.6 Å². The van der Waals surface area contributed by atoms with E-state index >= 15 is 0 Å². The number of nitrogens with one attached hydrogen (secondary N) is 1. The van der Waals surface area contributed by atoms with E-state index in [2.05, 4.69) is 0 Å². The van der Waals surface area contributed by atoms with Gasteiger partial charge in [0, 0.05) is 17.4 Å². The highest BCUT2D eigenvalue weighted by atomic mass is 32.2. The van der Waals surface area contributed by atoms with Gasteiger partial charge in [0.15, 0.2) is 0 Å². The average molecular weight is 260 g/mol. The lowest BCUT2D eigenvalue weighted by molar-refractivity contribution is -0.121. The minimum atomic E-state index is -0.577. The van der Waals surface area contributed by atoms with Gasteiger partial charge in [0.05, 0.1) is 0 Å². The standard InChI is InChI=1S/C11H14F2N2OS/c12-8-4-5-10(9(13)7-8)17-6-2-1-3-11(16)15-14/h4-5,7H,1-3,6,14H2,(H,15,16). The molecule has 0 heterocycles. The molecule has 0 saturated carbocycles. The SMILES string of the molecule is NNC(=O)CCCCSc1ccc(F)cc1F. The van der Waals surface area contributed by atoms with Crippen LogP contribution in [0.3, 0.4) is 0 Å². The first-order valence-electron chi connectivity index (χ1n) is 5.21. The maximum Gasteiger partial charge on any atom is 0.233 e. The summed E-state index contributed by atoms with van der Waals surface area (Å²) in [6.45, 7) is 0. The summed E-state index contributed by atoms with van der Waals surface area (Å²) < 4.78 is 25.8. The summed E-state index contributed by atoms with van der Waals surface area (Å²) in [6, 6.07) is 3.51. The third-order valence-electron chi connectivity index (χ3n) is 2.11. The number of carbonyl (C=O) groups excluding carboxylic acids is 1. The normalized spacial score (nSPS) is 10.3. The molecule has 94 valence electrons. The van der Waals surface area contributed by atoms with Crippen molar-refractivity contribution in [3.8, 4) is 0 Å². The van der Waals surface area contributed by atoms with E-state index in [1.165, 1.54) is 23.9 Å². The number of rotatable bonds is 6. The van der Waals surface area contributed by atoms with Gasteiger partial charge in [0.25, 0.3) is 0 Å². The number of hydrazine groups is 1. The molecule has 0 saturated heterocycles. The largest absolute Gasteiger partial charge is 0.294 e. The van der Waals surface area contributed by atoms with Gasteiger partial charge in [0.1, 0.15) is 11.6 Å². The summed E-state index contributed by atoms with van der Waals surface area (Å²) in [6.07, 6.45) is 1.83. The minimum absolute atomic E-state index is 0.206. The third kappa shape index (κ3) is 5.14. The van der Waals surface area contributed by atoms with Gasteiger partial charge in [-0.1, -0.05) is 0 Å². The van der Waals surface area contributed by atoms with Crippen LogP contribution >= 0.6 is 11.8 Å². The zero-order valence-electron chi connectivity index (χ0n) is 9.21. The van der Waals surface area contributed by atoms with Gasteiger partial charge in [-0.2, -0.15) is 0 Å². The van der Waals surface area contributed by atoms with E-state index in [1.54, 1.807) is 0 Å². The Hall–Kier alpha value is -1.14. The Morgan fingerprint density at radius 3 is 2.76 bits per heavy atom. The molecule has 1 aromatic carbocycles. The van der Waals surface area contributed by atoms with Crippen LogP contribution in [0.15, 0.2) is 23.1 Å². The van der Waals surface area contributed by atoms with Crippen molar-refractivity contribution in [2.45, 2.75) is 24.2 Å². The second-order valence-electron chi connectivity index (χ2n) is 3.45. The molecule has 0 spiro atoms. The quantitative estimate of drug-likeness (QED) is 0.271. The number of hydrogen-bond acceptors (Lipinski definition) is 3. The van der Waals surface area contributed by atoms with Crippen molar-refractivity contribution in [1.82, 2.24) is 5.43 Å². The van der Waals surface area contributed by atoms with E-state index in [0.29, 0.717) is 23.5 Å². The molecule has 1 rings (SSSR count). The van der Waals surface area contributed by atoms with Crippen molar-refractivity contribution in [1.29, 1.82) is 0 Å². The fourth-order valence-corrected chi connectivity index (χ4v) is 2.16. The van der Waals surface area contributed by atoms with Gasteiger partial charge < -0.3 is 0 Å². The first-order valence-corrected chi connectivity index (χ1v) is 6.19. The highest BCUT2D eigenvalue weighted by Gasteiger charge is 2.04. The van der Waals surface area contributed by atoms with Crippen LogP contribution in [0.25, 0.3) is 0 Å². The summed E-state index contributed by atoms with van der Waals surface area (Å²) in [5, 5.41) is 0. The molecule has 17 heavy (non-hydrogen) atoms. The maximum absolute atomic E-state index is 13.2. The number of hydrogen-bond donors (Lipinski definition) is 2. The van der Waals surface area contributed by atoms with E-state index in [0.717, 1.165) is 12.5 Å². The fraction of sp³-hybridized carbons (Fsp3) is 0.364. The van der Waals surface area contributed by atoms with Crippen LogP contribution in [0.1, 0.15) is 19.3 Å². The van der Waals surface area contributed by atoms with Gasteiger partial charge in [-0.05, 0) is 30.7 Å². The molecule has 0 atom stereocenters. The van der Waals surface area contributed by atoms with Gasteiger partial charge in [0.2, 0.25) is 5.91 Å². The first kappa shape index (κ1) is 13.9. The van der Waals surface area contributed by atoms with E-state index in [4.69, 9.17) is 5.84 Å². The predicted molar refractivity (Wildman–Crippen MR) is 63.3 cm³/mol. The molecule has 0 fully saturated rings. The number of halogens is 2. The molecular weight excluding hydrogens is 246 g/mol. The Balaban J connectivity index is 2.24. The van der Waals surface area contributed by atoms with Crippen LogP contribution < -0.4 is 11.3 Å². The Morgan fingerprint density at radius 1 is 1.35 bits per heavy atom. The molecule has 0 bridgehead atoms. The number of nitrogens with two attached hydrogens (primary N) is 1. The van der Waals surface area contributed by atoms with Crippen LogP contribution in [0.2, 0.25) is 0 Å². The first-order chi connectivity index (χ1) is 8.13. The molecule has 0 aromatic heterocycles. The van der Waals surface area contributed by atoms with Crippen molar-refractivity contribution in [3.05, 3.63) is 29.8 Å². The lowest BCUT2D eigenvalue weighted by atomic mass is 10.2. The summed E-state index contributed by atoms with van der Waals surface area (Å²) in [4.78, 5) is 11.2. The smallest absolute Gasteiger partial charge is 0.233 e. The minimum Gasteiger partial charge on any atom is -0.294 e. The van der Waals surface area contributed by atoms with Gasteiger partial charge in [-0.25, -0.2) is 14.6 Å². The van der Waals surface area contributed by atoms with Crippen LogP contribution in [0.4, 0.5) is 8.78 Å². The summed E-state index contributed by atoms with van der Waals surface area (Å²) in [5.74, 6) is 4.27. The molecule has 1 amide bonds. The van der Waals surface area contributed by atoms with Gasteiger partial charge in [-0.15, -0.1) is 11.8 Å². The number of amides is 1. The third-order valence-corrected chi connectivity index (χ3v) is 3.25. The second kappa shape index (κ2) is 7.24. The molecule has 0 aliphatic carbocycles. The molecule has 0 aliphatic rings. The second-order valence-corrected chi connectivity index (χ2v) is 4.58. The van der Waals surface area contributed by atoms with E-state index < -0.39 is 11.6 Å². The van der Waals surface area contributed by atoms with Gasteiger partial charge in [-0.3, -0.25) is 10.2 Å². The number of thioether (sulfide) groups is 1. The summed E-state index contributed by atoms with van der Waals surface area (Å²) in [5.41, 5.74) is 2.04. The number of unbranched alkanes of at least 4 members (excludes halogenated alkanes) is 1. The highest BCUT2D eigenvalue weighted by Crippen LogP contribution is 2.23. The Bertz CT molecular complexity index is 388. The van der Waals surface area contributed by atoms with Crippen molar-refractivity contribution in [3.63, 3.8) is 0 Å². The van der Waals surface area contributed by atoms with Crippen LogP contribution in [0.5, 0.6) is 0 Å². The van der Waals surface area contributed by atoms with Crippen LogP contribution in [-0.4, -0.2) is 11.7 Å². The topological polar surface area (TPSA) is 55.1 Å². The van der Waals surface area contributed by atoms with Gasteiger partial charge >= 0.3 is 0 Å². The Kier molecular flexibility index (Phi) is 5.93.